The van der Waals surface area contributed by atoms with Crippen LogP contribution >= 0.6 is 12.6 Å². The van der Waals surface area contributed by atoms with E-state index >= 15 is 0 Å². The van der Waals surface area contributed by atoms with Crippen molar-refractivity contribution in [1.82, 2.24) is 0 Å². The highest BCUT2D eigenvalue weighted by molar-refractivity contribution is 7.80. The summed E-state index contributed by atoms with van der Waals surface area (Å²) in [5.41, 5.74) is 0. The number of thiol groups is 1. The molecule has 0 radical (unpaired) electrons. The molecule has 1 rings (SSSR count). The number of carbonyl (C=O) groups excluding carboxylic acids is 1. The van der Waals surface area contributed by atoms with E-state index in [0.717, 1.165) is 4.90 Å². The maximum atomic E-state index is 11.1. The number of carbonyl (C=O) groups is 1. The van der Waals surface area contributed by atoms with Gasteiger partial charge in [-0.15, -0.1) is 12.6 Å². The normalized spacial score (nSPS) is 9.69. The van der Waals surface area contributed by atoms with Crippen molar-refractivity contribution in [2.45, 2.75) is 11.8 Å². The summed E-state index contributed by atoms with van der Waals surface area (Å²) in [6, 6.07) is 5.16. The van der Waals surface area contributed by atoms with E-state index < -0.39 is 5.97 Å². The molecule has 0 amide bonds. The number of benzene rings is 1. The summed E-state index contributed by atoms with van der Waals surface area (Å²) in [5.74, 6) is 0.629. The number of ether oxygens (including phenoxy) is 3. The fourth-order valence-corrected chi connectivity index (χ4v) is 1.31. The summed E-state index contributed by atoms with van der Waals surface area (Å²) in [7, 11) is 1.53. The van der Waals surface area contributed by atoms with Gasteiger partial charge in [-0.05, 0) is 25.1 Å². The molecule has 0 unspecified atom stereocenters. The van der Waals surface area contributed by atoms with Crippen LogP contribution in [-0.2, 0) is 9.53 Å². The highest BCUT2D eigenvalue weighted by Gasteiger charge is 2.07. The van der Waals surface area contributed by atoms with E-state index in [2.05, 4.69) is 12.6 Å². The first-order valence-electron chi connectivity index (χ1n) is 4.82. The summed E-state index contributed by atoms with van der Waals surface area (Å²) < 4.78 is 15.1. The van der Waals surface area contributed by atoms with Crippen molar-refractivity contribution in [1.29, 1.82) is 0 Å². The minimum Gasteiger partial charge on any atom is -0.493 e. The molecule has 0 saturated carbocycles. The van der Waals surface area contributed by atoms with E-state index in [0.29, 0.717) is 18.1 Å². The summed E-state index contributed by atoms with van der Waals surface area (Å²) >= 11 is 4.17. The van der Waals surface area contributed by atoms with E-state index in [4.69, 9.17) is 14.2 Å². The standard InChI is InChI=1S/C11H14O4S/c1-3-14-11(12)7-15-9-5-4-8(16)6-10(9)13-2/h4-6,16H,3,7H2,1-2H3. The number of rotatable bonds is 5. The topological polar surface area (TPSA) is 44.8 Å². The zero-order valence-corrected chi connectivity index (χ0v) is 10.1. The van der Waals surface area contributed by atoms with Crippen LogP contribution in [-0.4, -0.2) is 26.3 Å². The highest BCUT2D eigenvalue weighted by atomic mass is 32.1. The average molecular weight is 242 g/mol. The fraction of sp³-hybridized carbons (Fsp3) is 0.364. The maximum Gasteiger partial charge on any atom is 0.344 e. The van der Waals surface area contributed by atoms with Crippen molar-refractivity contribution in [3.8, 4) is 11.5 Å². The smallest absolute Gasteiger partial charge is 0.344 e. The summed E-state index contributed by atoms with van der Waals surface area (Å²) in [5, 5.41) is 0. The Labute approximate surface area is 99.9 Å². The number of hydrogen-bond acceptors (Lipinski definition) is 5. The molecule has 0 aromatic heterocycles. The Morgan fingerprint density at radius 2 is 2.12 bits per heavy atom. The second-order valence-corrected chi connectivity index (χ2v) is 3.45. The van der Waals surface area contributed by atoms with E-state index in [1.807, 2.05) is 0 Å². The van der Waals surface area contributed by atoms with E-state index in [1.165, 1.54) is 7.11 Å². The first kappa shape index (κ1) is 12.7. The van der Waals surface area contributed by atoms with Gasteiger partial charge >= 0.3 is 5.97 Å². The van der Waals surface area contributed by atoms with Gasteiger partial charge in [-0.25, -0.2) is 4.79 Å². The molecular formula is C11H14O4S. The van der Waals surface area contributed by atoms with Crippen LogP contribution in [0, 0.1) is 0 Å². The van der Waals surface area contributed by atoms with Gasteiger partial charge in [0.1, 0.15) is 0 Å². The van der Waals surface area contributed by atoms with Gasteiger partial charge in [-0.3, -0.25) is 0 Å². The molecule has 0 atom stereocenters. The maximum absolute atomic E-state index is 11.1. The largest absolute Gasteiger partial charge is 0.493 e. The molecule has 16 heavy (non-hydrogen) atoms. The molecule has 4 nitrogen and oxygen atoms in total. The zero-order valence-electron chi connectivity index (χ0n) is 9.23. The number of methoxy groups -OCH3 is 1. The van der Waals surface area contributed by atoms with Crippen LogP contribution in [0.5, 0.6) is 11.5 Å². The first-order chi connectivity index (χ1) is 7.67. The number of esters is 1. The average Bonchev–Trinajstić information content (AvgIpc) is 2.27. The third kappa shape index (κ3) is 3.66. The van der Waals surface area contributed by atoms with E-state index in [1.54, 1.807) is 25.1 Å². The van der Waals surface area contributed by atoms with Gasteiger partial charge in [0, 0.05) is 4.90 Å². The van der Waals surface area contributed by atoms with Crippen LogP contribution in [0.3, 0.4) is 0 Å². The monoisotopic (exact) mass is 242 g/mol. The van der Waals surface area contributed by atoms with Gasteiger partial charge in [0.15, 0.2) is 18.1 Å². The van der Waals surface area contributed by atoms with E-state index in [9.17, 15) is 4.79 Å². The van der Waals surface area contributed by atoms with Gasteiger partial charge < -0.3 is 14.2 Å². The second kappa shape index (κ2) is 6.27. The fourth-order valence-electron chi connectivity index (χ4n) is 1.11. The molecular weight excluding hydrogens is 228 g/mol. The quantitative estimate of drug-likeness (QED) is 0.633. The Hall–Kier alpha value is -1.36. The Bertz CT molecular complexity index is 365. The highest BCUT2D eigenvalue weighted by Crippen LogP contribution is 2.29. The second-order valence-electron chi connectivity index (χ2n) is 2.93. The van der Waals surface area contributed by atoms with Crippen molar-refractivity contribution in [2.75, 3.05) is 20.3 Å². The Balaban J connectivity index is 2.63. The molecule has 0 bridgehead atoms. The van der Waals surface area contributed by atoms with Gasteiger partial charge in [-0.2, -0.15) is 0 Å². The molecule has 88 valence electrons. The van der Waals surface area contributed by atoms with E-state index in [-0.39, 0.29) is 6.61 Å². The van der Waals surface area contributed by atoms with Crippen LogP contribution in [0.2, 0.25) is 0 Å². The Morgan fingerprint density at radius 1 is 1.38 bits per heavy atom. The van der Waals surface area contributed by atoms with Crippen molar-refractivity contribution < 1.29 is 19.0 Å². The molecule has 1 aromatic carbocycles. The Morgan fingerprint density at radius 3 is 2.75 bits per heavy atom. The van der Waals surface area contributed by atoms with Gasteiger partial charge in [0.2, 0.25) is 0 Å². The third-order valence-corrected chi connectivity index (χ3v) is 2.08. The van der Waals surface area contributed by atoms with Crippen LogP contribution in [0.25, 0.3) is 0 Å². The lowest BCUT2D eigenvalue weighted by Crippen LogP contribution is -2.14. The zero-order chi connectivity index (χ0) is 12.0. The lowest BCUT2D eigenvalue weighted by Gasteiger charge is -2.10. The first-order valence-corrected chi connectivity index (χ1v) is 5.27. The van der Waals surface area contributed by atoms with Crippen LogP contribution < -0.4 is 9.47 Å². The lowest BCUT2D eigenvalue weighted by molar-refractivity contribution is -0.145. The molecule has 1 aromatic rings. The molecule has 0 aliphatic rings. The number of hydrogen-bond donors (Lipinski definition) is 1. The summed E-state index contributed by atoms with van der Waals surface area (Å²) in [6.45, 7) is 1.96. The predicted octanol–water partition coefficient (Wildman–Crippen LogP) is 1.93. The van der Waals surface area contributed by atoms with Crippen molar-refractivity contribution in [2.24, 2.45) is 0 Å². The summed E-state index contributed by atoms with van der Waals surface area (Å²) in [6.07, 6.45) is 0. The molecule has 0 aliphatic carbocycles. The predicted molar refractivity (Wildman–Crippen MR) is 62.4 cm³/mol. The molecule has 0 N–H and O–H groups in total. The molecule has 5 heteroatoms. The minimum atomic E-state index is -0.403. The van der Waals surface area contributed by atoms with Crippen LogP contribution in [0.4, 0.5) is 0 Å². The minimum absolute atomic E-state index is 0.129. The lowest BCUT2D eigenvalue weighted by atomic mass is 10.3. The van der Waals surface area contributed by atoms with Crippen molar-refractivity contribution in [3.63, 3.8) is 0 Å². The van der Waals surface area contributed by atoms with Crippen molar-refractivity contribution >= 4 is 18.6 Å². The van der Waals surface area contributed by atoms with Gasteiger partial charge in [-0.1, -0.05) is 0 Å². The molecule has 0 saturated heterocycles. The Kier molecular flexibility index (Phi) is 4.98. The molecule has 0 fully saturated rings. The SMILES string of the molecule is CCOC(=O)COc1ccc(S)cc1OC. The molecule has 0 aliphatic heterocycles. The molecule has 0 heterocycles. The van der Waals surface area contributed by atoms with Crippen LogP contribution in [0.1, 0.15) is 6.92 Å². The molecule has 0 spiro atoms. The van der Waals surface area contributed by atoms with Crippen molar-refractivity contribution in [3.05, 3.63) is 18.2 Å². The third-order valence-electron chi connectivity index (χ3n) is 1.80. The summed E-state index contributed by atoms with van der Waals surface area (Å²) in [4.78, 5) is 11.8. The van der Waals surface area contributed by atoms with Crippen LogP contribution in [0.15, 0.2) is 23.1 Å². The van der Waals surface area contributed by atoms with Gasteiger partial charge in [0.25, 0.3) is 0 Å². The van der Waals surface area contributed by atoms with Gasteiger partial charge in [0.05, 0.1) is 13.7 Å².